The van der Waals surface area contributed by atoms with E-state index in [0.29, 0.717) is 32.2 Å². The van der Waals surface area contributed by atoms with Crippen LogP contribution in [-0.2, 0) is 0 Å². The molecule has 0 amide bonds. The summed E-state index contributed by atoms with van der Waals surface area (Å²) in [4.78, 5) is 8.74. The molecule has 1 aromatic heterocycles. The van der Waals surface area contributed by atoms with Crippen molar-refractivity contribution in [3.05, 3.63) is 44.7 Å². The molecule has 6 heteroatoms. The first kappa shape index (κ1) is 13.2. The molecule has 0 unspecified atom stereocenters. The maximum absolute atomic E-state index is 6.07. The van der Waals surface area contributed by atoms with Crippen molar-refractivity contribution < 1.29 is 4.74 Å². The van der Waals surface area contributed by atoms with Crippen LogP contribution in [0.2, 0.25) is 10.0 Å². The van der Waals surface area contributed by atoms with Gasteiger partial charge in [-0.2, -0.15) is 4.98 Å². The molecule has 19 heavy (non-hydrogen) atoms. The lowest BCUT2D eigenvalue weighted by atomic mass is 10.3. The first-order chi connectivity index (χ1) is 9.11. The van der Waals surface area contributed by atoms with Gasteiger partial charge < -0.3 is 4.74 Å². The van der Waals surface area contributed by atoms with Crippen LogP contribution in [0.4, 0.5) is 0 Å². The summed E-state index contributed by atoms with van der Waals surface area (Å²) in [5.41, 5.74) is 0. The lowest BCUT2D eigenvalue weighted by molar-refractivity contribution is 0.458. The molecule has 98 valence electrons. The first-order valence-electron chi connectivity index (χ1n) is 5.79. The van der Waals surface area contributed by atoms with Crippen LogP contribution in [0.15, 0.2) is 28.9 Å². The molecule has 1 heterocycles. The van der Waals surface area contributed by atoms with Crippen molar-refractivity contribution in [1.29, 1.82) is 0 Å². The molecule has 3 rings (SSSR count). The Labute approximate surface area is 129 Å². The predicted octanol–water partition coefficient (Wildman–Crippen LogP) is 5.22. The van der Waals surface area contributed by atoms with Gasteiger partial charge >= 0.3 is 0 Å². The van der Waals surface area contributed by atoms with E-state index in [1.807, 2.05) is 0 Å². The van der Waals surface area contributed by atoms with Gasteiger partial charge in [0.15, 0.2) is 0 Å². The fourth-order valence-corrected chi connectivity index (χ4v) is 2.49. The Morgan fingerprint density at radius 3 is 2.63 bits per heavy atom. The van der Waals surface area contributed by atoms with Gasteiger partial charge in [0, 0.05) is 17.0 Å². The SMILES string of the molecule is Clc1ccc(Oc2cc(Br)nc(C3CC3)n2)c(Cl)c1. The van der Waals surface area contributed by atoms with Gasteiger partial charge in [-0.25, -0.2) is 4.98 Å². The van der Waals surface area contributed by atoms with Crippen LogP contribution in [0.5, 0.6) is 11.6 Å². The standard InChI is InChI=1S/C13H9BrCl2N2O/c14-11-6-12(18-13(17-11)7-1-2-7)19-10-4-3-8(15)5-9(10)16/h3-7H,1-2H2. The van der Waals surface area contributed by atoms with E-state index in [1.165, 1.54) is 0 Å². The molecule has 0 spiro atoms. The molecular formula is C13H9BrCl2N2O. The average Bonchev–Trinajstić information content (AvgIpc) is 3.16. The predicted molar refractivity (Wildman–Crippen MR) is 78.2 cm³/mol. The Morgan fingerprint density at radius 1 is 1.16 bits per heavy atom. The highest BCUT2D eigenvalue weighted by atomic mass is 79.9. The molecule has 2 aromatic rings. The Bertz CT molecular complexity index is 632. The van der Waals surface area contributed by atoms with E-state index >= 15 is 0 Å². The van der Waals surface area contributed by atoms with Crippen molar-refractivity contribution in [2.45, 2.75) is 18.8 Å². The number of aromatic nitrogens is 2. The van der Waals surface area contributed by atoms with E-state index in [2.05, 4.69) is 25.9 Å². The number of hydrogen-bond donors (Lipinski definition) is 0. The van der Waals surface area contributed by atoms with E-state index in [1.54, 1.807) is 24.3 Å². The highest BCUT2D eigenvalue weighted by Crippen LogP contribution is 2.39. The molecule has 1 aliphatic carbocycles. The van der Waals surface area contributed by atoms with Crippen molar-refractivity contribution in [2.24, 2.45) is 0 Å². The van der Waals surface area contributed by atoms with Gasteiger partial charge in [-0.15, -0.1) is 0 Å². The number of ether oxygens (including phenoxy) is 1. The molecule has 0 aliphatic heterocycles. The molecule has 1 aliphatic rings. The fraction of sp³-hybridized carbons (Fsp3) is 0.231. The summed E-state index contributed by atoms with van der Waals surface area (Å²) in [5, 5.41) is 1.02. The van der Waals surface area contributed by atoms with E-state index < -0.39 is 0 Å². The molecule has 3 nitrogen and oxygen atoms in total. The van der Waals surface area contributed by atoms with Gasteiger partial charge in [-0.05, 0) is 47.0 Å². The summed E-state index contributed by atoms with van der Waals surface area (Å²) in [5.74, 6) is 2.28. The van der Waals surface area contributed by atoms with Crippen molar-refractivity contribution in [3.63, 3.8) is 0 Å². The second-order valence-corrected chi connectivity index (χ2v) is 5.99. The van der Waals surface area contributed by atoms with Gasteiger partial charge in [0.25, 0.3) is 0 Å². The maximum atomic E-state index is 6.07. The summed E-state index contributed by atoms with van der Waals surface area (Å²) in [6.07, 6.45) is 2.27. The van der Waals surface area contributed by atoms with Crippen molar-refractivity contribution in [2.75, 3.05) is 0 Å². The Hall–Kier alpha value is -0.840. The van der Waals surface area contributed by atoms with E-state index in [9.17, 15) is 0 Å². The van der Waals surface area contributed by atoms with Gasteiger partial charge in [0.1, 0.15) is 16.2 Å². The number of hydrogen-bond acceptors (Lipinski definition) is 3. The second-order valence-electron chi connectivity index (χ2n) is 4.34. The zero-order valence-electron chi connectivity index (χ0n) is 9.74. The van der Waals surface area contributed by atoms with Crippen LogP contribution >= 0.6 is 39.1 Å². The lowest BCUT2D eigenvalue weighted by Gasteiger charge is -2.08. The number of rotatable bonds is 3. The average molecular weight is 360 g/mol. The molecule has 1 saturated carbocycles. The topological polar surface area (TPSA) is 35.0 Å². The van der Waals surface area contributed by atoms with Gasteiger partial charge in [-0.1, -0.05) is 23.2 Å². The summed E-state index contributed by atoms with van der Waals surface area (Å²) >= 11 is 15.3. The molecule has 0 N–H and O–H groups in total. The highest BCUT2D eigenvalue weighted by Gasteiger charge is 2.27. The maximum Gasteiger partial charge on any atom is 0.223 e. The third kappa shape index (κ3) is 3.19. The third-order valence-electron chi connectivity index (χ3n) is 2.74. The molecule has 1 aromatic carbocycles. The minimum atomic E-state index is 0.454. The Kier molecular flexibility index (Phi) is 3.65. The molecule has 1 fully saturated rings. The summed E-state index contributed by atoms with van der Waals surface area (Å²) < 4.78 is 6.40. The van der Waals surface area contributed by atoms with E-state index in [0.717, 1.165) is 18.7 Å². The monoisotopic (exact) mass is 358 g/mol. The quantitative estimate of drug-likeness (QED) is 0.705. The number of nitrogens with zero attached hydrogens (tertiary/aromatic N) is 2. The number of benzene rings is 1. The zero-order chi connectivity index (χ0) is 13.4. The van der Waals surface area contributed by atoms with Crippen molar-refractivity contribution in [1.82, 2.24) is 9.97 Å². The Morgan fingerprint density at radius 2 is 1.95 bits per heavy atom. The number of halogens is 3. The second kappa shape index (κ2) is 5.27. The van der Waals surface area contributed by atoms with Gasteiger partial charge in [0.2, 0.25) is 5.88 Å². The minimum absolute atomic E-state index is 0.454. The zero-order valence-corrected chi connectivity index (χ0v) is 12.8. The lowest BCUT2D eigenvalue weighted by Crippen LogP contribution is -1.96. The normalized spacial score (nSPS) is 14.5. The summed E-state index contributed by atoms with van der Waals surface area (Å²) in [6.45, 7) is 0. The highest BCUT2D eigenvalue weighted by molar-refractivity contribution is 9.10. The Balaban J connectivity index is 1.89. The first-order valence-corrected chi connectivity index (χ1v) is 7.34. The minimum Gasteiger partial charge on any atom is -0.437 e. The van der Waals surface area contributed by atoms with E-state index in [4.69, 9.17) is 27.9 Å². The van der Waals surface area contributed by atoms with Crippen LogP contribution in [-0.4, -0.2) is 9.97 Å². The van der Waals surface area contributed by atoms with Crippen LogP contribution in [0.25, 0.3) is 0 Å². The van der Waals surface area contributed by atoms with Gasteiger partial charge in [0.05, 0.1) is 5.02 Å². The summed E-state index contributed by atoms with van der Waals surface area (Å²) in [7, 11) is 0. The van der Waals surface area contributed by atoms with E-state index in [-0.39, 0.29) is 0 Å². The van der Waals surface area contributed by atoms with Gasteiger partial charge in [-0.3, -0.25) is 0 Å². The van der Waals surface area contributed by atoms with Crippen molar-refractivity contribution in [3.8, 4) is 11.6 Å². The largest absolute Gasteiger partial charge is 0.437 e. The van der Waals surface area contributed by atoms with Crippen LogP contribution < -0.4 is 4.74 Å². The third-order valence-corrected chi connectivity index (χ3v) is 3.68. The fourth-order valence-electron chi connectivity index (χ4n) is 1.66. The van der Waals surface area contributed by atoms with Crippen LogP contribution in [0, 0.1) is 0 Å². The molecule has 0 atom stereocenters. The molecular weight excluding hydrogens is 351 g/mol. The molecule has 0 saturated heterocycles. The smallest absolute Gasteiger partial charge is 0.223 e. The van der Waals surface area contributed by atoms with Crippen molar-refractivity contribution >= 4 is 39.1 Å². The van der Waals surface area contributed by atoms with Crippen LogP contribution in [0.1, 0.15) is 24.6 Å². The molecule has 0 bridgehead atoms. The van der Waals surface area contributed by atoms with Crippen LogP contribution in [0.3, 0.4) is 0 Å². The molecule has 0 radical (unpaired) electrons. The summed E-state index contributed by atoms with van der Waals surface area (Å²) in [6, 6.07) is 6.80.